The van der Waals surface area contributed by atoms with Gasteiger partial charge >= 0.3 is 0 Å². The third-order valence-corrected chi connectivity index (χ3v) is 2.75. The van der Waals surface area contributed by atoms with E-state index in [1.54, 1.807) is 0 Å². The minimum Gasteiger partial charge on any atom is -0.348 e. The molecule has 1 rings (SSSR count). The van der Waals surface area contributed by atoms with Gasteiger partial charge < -0.3 is 10.2 Å². The number of hydrogen-bond donors (Lipinski definition) is 1. The van der Waals surface area contributed by atoms with Crippen molar-refractivity contribution in [2.24, 2.45) is 0 Å². The lowest BCUT2D eigenvalue weighted by Gasteiger charge is -2.20. The molecule has 1 aromatic carbocycles. The van der Waals surface area contributed by atoms with E-state index in [-0.39, 0.29) is 5.91 Å². The van der Waals surface area contributed by atoms with E-state index in [4.69, 9.17) is 12.2 Å². The van der Waals surface area contributed by atoms with E-state index in [2.05, 4.69) is 5.32 Å². The number of benzene rings is 1. The van der Waals surface area contributed by atoms with Crippen molar-refractivity contribution in [2.75, 3.05) is 7.05 Å². The topological polar surface area (TPSA) is 32.3 Å². The van der Waals surface area contributed by atoms with Crippen molar-refractivity contribution >= 4 is 23.2 Å². The molecule has 0 aliphatic rings. The Bertz CT molecular complexity index is 378. The first-order valence-electron chi connectivity index (χ1n) is 5.72. The van der Waals surface area contributed by atoms with Crippen LogP contribution in [0.25, 0.3) is 0 Å². The summed E-state index contributed by atoms with van der Waals surface area (Å²) >= 11 is 5.16. The van der Waals surface area contributed by atoms with Crippen LogP contribution in [-0.2, 0) is 11.3 Å². The van der Waals surface area contributed by atoms with Gasteiger partial charge in [-0.3, -0.25) is 4.79 Å². The maximum atomic E-state index is 11.4. The van der Waals surface area contributed by atoms with E-state index in [1.165, 1.54) is 5.56 Å². The molecule has 0 spiro atoms. The highest BCUT2D eigenvalue weighted by Gasteiger charge is 2.08. The van der Waals surface area contributed by atoms with Crippen molar-refractivity contribution in [3.8, 4) is 0 Å². The average molecular weight is 250 g/mol. The van der Waals surface area contributed by atoms with Crippen molar-refractivity contribution in [3.05, 3.63) is 35.9 Å². The lowest BCUT2D eigenvalue weighted by Crippen LogP contribution is -2.39. The number of carbonyl (C=O) groups is 1. The Labute approximate surface area is 108 Å². The Morgan fingerprint density at radius 3 is 2.59 bits per heavy atom. The van der Waals surface area contributed by atoms with Gasteiger partial charge in [-0.05, 0) is 24.2 Å². The fraction of sp³-hybridized carbons (Fsp3) is 0.385. The van der Waals surface area contributed by atoms with Crippen LogP contribution in [0.2, 0.25) is 0 Å². The number of nitrogens with zero attached hydrogens (tertiary/aromatic N) is 1. The summed E-state index contributed by atoms with van der Waals surface area (Å²) in [5.74, 6) is -0.0163. The second-order valence-electron chi connectivity index (χ2n) is 3.94. The Hall–Kier alpha value is -1.42. The highest BCUT2D eigenvalue weighted by molar-refractivity contribution is 7.80. The molecule has 0 aromatic heterocycles. The molecule has 3 nitrogen and oxygen atoms in total. The normalized spacial score (nSPS) is 9.76. The zero-order valence-corrected chi connectivity index (χ0v) is 11.1. The molecule has 1 aromatic rings. The molecule has 0 unspecified atom stereocenters. The van der Waals surface area contributed by atoms with Gasteiger partial charge in [0.15, 0.2) is 5.11 Å². The summed E-state index contributed by atoms with van der Waals surface area (Å²) in [4.78, 5) is 13.2. The van der Waals surface area contributed by atoms with Gasteiger partial charge in [0, 0.05) is 20.0 Å². The Kier molecular flexibility index (Phi) is 5.63. The quantitative estimate of drug-likeness (QED) is 0.832. The Morgan fingerprint density at radius 2 is 2.00 bits per heavy atom. The van der Waals surface area contributed by atoms with Crippen LogP contribution >= 0.6 is 12.2 Å². The van der Waals surface area contributed by atoms with Crippen LogP contribution in [0.3, 0.4) is 0 Å². The zero-order valence-electron chi connectivity index (χ0n) is 10.3. The van der Waals surface area contributed by atoms with E-state index in [9.17, 15) is 4.79 Å². The molecule has 4 heteroatoms. The van der Waals surface area contributed by atoms with Crippen molar-refractivity contribution in [3.63, 3.8) is 0 Å². The number of hydrogen-bond acceptors (Lipinski definition) is 2. The maximum absolute atomic E-state index is 11.4. The summed E-state index contributed by atoms with van der Waals surface area (Å²) in [6.07, 6.45) is 1.34. The van der Waals surface area contributed by atoms with Gasteiger partial charge in [0.25, 0.3) is 0 Å². The monoisotopic (exact) mass is 250 g/mol. The lowest BCUT2D eigenvalue weighted by atomic mass is 10.2. The van der Waals surface area contributed by atoms with Crippen LogP contribution in [0, 0.1) is 0 Å². The molecule has 17 heavy (non-hydrogen) atoms. The predicted molar refractivity (Wildman–Crippen MR) is 73.6 cm³/mol. The molecule has 0 aliphatic carbocycles. The third-order valence-electron chi connectivity index (χ3n) is 2.33. The van der Waals surface area contributed by atoms with E-state index < -0.39 is 0 Å². The molecule has 92 valence electrons. The molecule has 0 fully saturated rings. The molecule has 0 atom stereocenters. The number of thiocarbonyl (C=S) groups is 1. The summed E-state index contributed by atoms with van der Waals surface area (Å²) in [6, 6.07) is 10.0. The van der Waals surface area contributed by atoms with Gasteiger partial charge in [0.1, 0.15) is 0 Å². The first kappa shape index (κ1) is 13.6. The molecule has 0 aliphatic heterocycles. The number of rotatable bonds is 4. The smallest absolute Gasteiger partial charge is 0.226 e. The maximum Gasteiger partial charge on any atom is 0.226 e. The highest BCUT2D eigenvalue weighted by atomic mass is 32.1. The van der Waals surface area contributed by atoms with Crippen molar-refractivity contribution in [1.29, 1.82) is 0 Å². The van der Waals surface area contributed by atoms with E-state index in [0.29, 0.717) is 18.1 Å². The molecule has 0 heterocycles. The molecule has 0 saturated heterocycles. The van der Waals surface area contributed by atoms with Crippen LogP contribution in [0.15, 0.2) is 30.3 Å². The standard InChI is InChI=1S/C13H18N2OS/c1-3-7-12(16)14-13(17)15(2)10-11-8-5-4-6-9-11/h4-6,8-9H,3,7,10H2,1-2H3,(H,14,16,17). The summed E-state index contributed by atoms with van der Waals surface area (Å²) in [5, 5.41) is 3.20. The van der Waals surface area contributed by atoms with Gasteiger partial charge in [-0.25, -0.2) is 0 Å². The van der Waals surface area contributed by atoms with Gasteiger partial charge in [0.2, 0.25) is 5.91 Å². The number of carbonyl (C=O) groups excluding carboxylic acids is 1. The zero-order chi connectivity index (χ0) is 12.7. The number of nitrogens with one attached hydrogen (secondary N) is 1. The predicted octanol–water partition coefficient (Wildman–Crippen LogP) is 2.32. The molecular weight excluding hydrogens is 232 g/mol. The lowest BCUT2D eigenvalue weighted by molar-refractivity contribution is -0.119. The van der Waals surface area contributed by atoms with Gasteiger partial charge in [-0.15, -0.1) is 0 Å². The fourth-order valence-corrected chi connectivity index (χ4v) is 1.61. The SMILES string of the molecule is CCCC(=O)NC(=S)N(C)Cc1ccccc1. The summed E-state index contributed by atoms with van der Waals surface area (Å²) in [6.45, 7) is 2.67. The second kappa shape index (κ2) is 7.01. The minimum absolute atomic E-state index is 0.0163. The van der Waals surface area contributed by atoms with Crippen LogP contribution < -0.4 is 5.32 Å². The van der Waals surface area contributed by atoms with Crippen molar-refractivity contribution < 1.29 is 4.79 Å². The van der Waals surface area contributed by atoms with E-state index >= 15 is 0 Å². The fourth-order valence-electron chi connectivity index (χ4n) is 1.43. The Morgan fingerprint density at radius 1 is 1.35 bits per heavy atom. The Balaban J connectivity index is 2.45. The van der Waals surface area contributed by atoms with Crippen LogP contribution in [0.5, 0.6) is 0 Å². The summed E-state index contributed by atoms with van der Waals surface area (Å²) in [5.41, 5.74) is 1.17. The molecule has 0 radical (unpaired) electrons. The third kappa shape index (κ3) is 4.95. The largest absolute Gasteiger partial charge is 0.348 e. The van der Waals surface area contributed by atoms with E-state index in [0.717, 1.165) is 6.42 Å². The molecule has 1 amide bonds. The van der Waals surface area contributed by atoms with Crippen LogP contribution in [0.1, 0.15) is 25.3 Å². The van der Waals surface area contributed by atoms with Crippen molar-refractivity contribution in [1.82, 2.24) is 10.2 Å². The van der Waals surface area contributed by atoms with Gasteiger partial charge in [-0.2, -0.15) is 0 Å². The second-order valence-corrected chi connectivity index (χ2v) is 4.33. The van der Waals surface area contributed by atoms with Crippen molar-refractivity contribution in [2.45, 2.75) is 26.3 Å². The molecule has 1 N–H and O–H groups in total. The minimum atomic E-state index is -0.0163. The molecule has 0 bridgehead atoms. The number of amides is 1. The summed E-state index contributed by atoms with van der Waals surface area (Å²) < 4.78 is 0. The molecule has 0 saturated carbocycles. The highest BCUT2D eigenvalue weighted by Crippen LogP contribution is 2.02. The van der Waals surface area contributed by atoms with E-state index in [1.807, 2.05) is 49.2 Å². The van der Waals surface area contributed by atoms with Gasteiger partial charge in [-0.1, -0.05) is 37.3 Å². The van der Waals surface area contributed by atoms with Gasteiger partial charge in [0.05, 0.1) is 0 Å². The first-order valence-corrected chi connectivity index (χ1v) is 6.13. The van der Waals surface area contributed by atoms with Crippen LogP contribution in [0.4, 0.5) is 0 Å². The first-order chi connectivity index (χ1) is 8.13. The summed E-state index contributed by atoms with van der Waals surface area (Å²) in [7, 11) is 1.88. The van der Waals surface area contributed by atoms with Crippen LogP contribution in [-0.4, -0.2) is 23.0 Å². The molecular formula is C13H18N2OS. The average Bonchev–Trinajstić information content (AvgIpc) is 2.30.